The van der Waals surface area contributed by atoms with Gasteiger partial charge in [0.1, 0.15) is 0 Å². The van der Waals surface area contributed by atoms with Crippen molar-refractivity contribution in [3.63, 3.8) is 0 Å². The standard InChI is InChI=1S/C12H22O4S/c1-8(2)6-16-12(15)10(13)5-11(14)17-7-9(3)4/h8-10,13H,5-7H2,1-4H3. The lowest BCUT2D eigenvalue weighted by atomic mass is 10.2. The molecule has 0 heterocycles. The molecule has 0 aliphatic carbocycles. The summed E-state index contributed by atoms with van der Waals surface area (Å²) in [7, 11) is 0. The van der Waals surface area contributed by atoms with Crippen LogP contribution in [-0.4, -0.2) is 34.7 Å². The Balaban J connectivity index is 3.86. The molecule has 0 amide bonds. The molecule has 0 radical (unpaired) electrons. The van der Waals surface area contributed by atoms with Crippen LogP contribution >= 0.6 is 11.8 Å². The van der Waals surface area contributed by atoms with Gasteiger partial charge in [-0.2, -0.15) is 0 Å². The van der Waals surface area contributed by atoms with Gasteiger partial charge in [-0.15, -0.1) is 0 Å². The first kappa shape index (κ1) is 16.4. The van der Waals surface area contributed by atoms with Crippen LogP contribution in [0.2, 0.25) is 0 Å². The molecule has 0 rings (SSSR count). The summed E-state index contributed by atoms with van der Waals surface area (Å²) in [6, 6.07) is 0. The van der Waals surface area contributed by atoms with Gasteiger partial charge in [0.25, 0.3) is 0 Å². The van der Waals surface area contributed by atoms with E-state index in [-0.39, 0.29) is 24.1 Å². The molecule has 0 aliphatic heterocycles. The van der Waals surface area contributed by atoms with Crippen LogP contribution in [0.3, 0.4) is 0 Å². The van der Waals surface area contributed by atoms with E-state index < -0.39 is 12.1 Å². The molecule has 100 valence electrons. The smallest absolute Gasteiger partial charge is 0.335 e. The highest BCUT2D eigenvalue weighted by molar-refractivity contribution is 8.13. The zero-order chi connectivity index (χ0) is 13.4. The van der Waals surface area contributed by atoms with Gasteiger partial charge in [-0.3, -0.25) is 4.79 Å². The second kappa shape index (κ2) is 8.53. The van der Waals surface area contributed by atoms with Crippen molar-refractivity contribution in [1.82, 2.24) is 0 Å². The lowest BCUT2D eigenvalue weighted by Gasteiger charge is -2.11. The van der Waals surface area contributed by atoms with E-state index >= 15 is 0 Å². The Morgan fingerprint density at radius 1 is 1.18 bits per heavy atom. The van der Waals surface area contributed by atoms with Crippen LogP contribution < -0.4 is 0 Å². The number of carbonyl (C=O) groups excluding carboxylic acids is 2. The molecular formula is C12H22O4S. The molecule has 1 N–H and O–H groups in total. The highest BCUT2D eigenvalue weighted by Crippen LogP contribution is 2.12. The third kappa shape index (κ3) is 9.18. The molecule has 4 nitrogen and oxygen atoms in total. The van der Waals surface area contributed by atoms with Crippen molar-refractivity contribution >= 4 is 22.8 Å². The quantitative estimate of drug-likeness (QED) is 0.709. The fourth-order valence-corrected chi connectivity index (χ4v) is 1.70. The third-order valence-electron chi connectivity index (χ3n) is 1.77. The van der Waals surface area contributed by atoms with Crippen LogP contribution in [-0.2, 0) is 14.3 Å². The number of hydrogen-bond donors (Lipinski definition) is 1. The van der Waals surface area contributed by atoms with E-state index in [9.17, 15) is 14.7 Å². The highest BCUT2D eigenvalue weighted by atomic mass is 32.2. The molecule has 1 atom stereocenters. The highest BCUT2D eigenvalue weighted by Gasteiger charge is 2.21. The van der Waals surface area contributed by atoms with Gasteiger partial charge in [-0.05, 0) is 11.8 Å². The van der Waals surface area contributed by atoms with Crippen molar-refractivity contribution < 1.29 is 19.4 Å². The second-order valence-electron chi connectivity index (χ2n) is 4.82. The molecule has 0 aromatic carbocycles. The molecule has 17 heavy (non-hydrogen) atoms. The monoisotopic (exact) mass is 262 g/mol. The van der Waals surface area contributed by atoms with E-state index in [0.29, 0.717) is 11.7 Å². The molecule has 0 spiro atoms. The van der Waals surface area contributed by atoms with Gasteiger partial charge in [0.05, 0.1) is 13.0 Å². The van der Waals surface area contributed by atoms with Gasteiger partial charge >= 0.3 is 5.97 Å². The van der Waals surface area contributed by atoms with Crippen molar-refractivity contribution in [3.8, 4) is 0 Å². The topological polar surface area (TPSA) is 63.6 Å². The predicted molar refractivity (Wildman–Crippen MR) is 68.7 cm³/mol. The number of hydrogen-bond acceptors (Lipinski definition) is 5. The average Bonchev–Trinajstić information content (AvgIpc) is 2.22. The molecule has 1 unspecified atom stereocenters. The molecule has 5 heteroatoms. The van der Waals surface area contributed by atoms with E-state index in [0.717, 1.165) is 11.8 Å². The lowest BCUT2D eigenvalue weighted by Crippen LogP contribution is -2.26. The summed E-state index contributed by atoms with van der Waals surface area (Å²) in [5.41, 5.74) is 0. The van der Waals surface area contributed by atoms with Crippen LogP contribution in [0.5, 0.6) is 0 Å². The summed E-state index contributed by atoms with van der Waals surface area (Å²) in [6.07, 6.45) is -1.50. The molecular weight excluding hydrogens is 240 g/mol. The van der Waals surface area contributed by atoms with Crippen molar-refractivity contribution in [2.45, 2.75) is 40.2 Å². The minimum atomic E-state index is -1.33. The Bertz CT molecular complexity index is 251. The minimum absolute atomic E-state index is 0.172. The lowest BCUT2D eigenvalue weighted by molar-refractivity contribution is -0.155. The number of thioether (sulfide) groups is 1. The Labute approximate surface area is 107 Å². The largest absolute Gasteiger partial charge is 0.463 e. The number of carbonyl (C=O) groups is 2. The molecule has 0 fully saturated rings. The summed E-state index contributed by atoms with van der Waals surface area (Å²) in [4.78, 5) is 22.7. The third-order valence-corrected chi connectivity index (χ3v) is 3.09. The number of ether oxygens (including phenoxy) is 1. The maximum Gasteiger partial charge on any atom is 0.335 e. The summed E-state index contributed by atoms with van der Waals surface area (Å²) in [6.45, 7) is 8.09. The molecule has 0 aromatic rings. The normalized spacial score (nSPS) is 12.9. The van der Waals surface area contributed by atoms with Crippen LogP contribution in [0.25, 0.3) is 0 Å². The molecule has 0 saturated carbocycles. The zero-order valence-electron chi connectivity index (χ0n) is 10.9. The van der Waals surface area contributed by atoms with Gasteiger partial charge in [-0.25, -0.2) is 4.79 Å². The number of esters is 1. The second-order valence-corrected chi connectivity index (χ2v) is 5.90. The van der Waals surface area contributed by atoms with Crippen LogP contribution in [0.15, 0.2) is 0 Å². The van der Waals surface area contributed by atoms with E-state index in [1.807, 2.05) is 27.7 Å². The maximum atomic E-state index is 11.4. The van der Waals surface area contributed by atoms with Gasteiger partial charge in [0.2, 0.25) is 0 Å². The Morgan fingerprint density at radius 3 is 2.24 bits per heavy atom. The predicted octanol–water partition coefficient (Wildman–Crippen LogP) is 1.85. The van der Waals surface area contributed by atoms with Gasteiger partial charge in [0.15, 0.2) is 11.2 Å². The molecule has 0 aromatic heterocycles. The summed E-state index contributed by atoms with van der Waals surface area (Å²) in [5, 5.41) is 9.28. The SMILES string of the molecule is CC(C)COC(=O)C(O)CC(=O)SCC(C)C. The van der Waals surface area contributed by atoms with Crippen LogP contribution in [0, 0.1) is 11.8 Å². The number of aliphatic hydroxyl groups is 1. The molecule has 0 bridgehead atoms. The zero-order valence-corrected chi connectivity index (χ0v) is 11.8. The van der Waals surface area contributed by atoms with Crippen molar-refractivity contribution in [1.29, 1.82) is 0 Å². The first-order chi connectivity index (χ1) is 7.82. The first-order valence-corrected chi connectivity index (χ1v) is 6.81. The summed E-state index contributed by atoms with van der Waals surface area (Å²) >= 11 is 1.15. The van der Waals surface area contributed by atoms with Crippen LogP contribution in [0.1, 0.15) is 34.1 Å². The van der Waals surface area contributed by atoms with Crippen molar-refractivity contribution in [3.05, 3.63) is 0 Å². The van der Waals surface area contributed by atoms with E-state index in [1.54, 1.807) is 0 Å². The fourth-order valence-electron chi connectivity index (χ4n) is 0.905. The van der Waals surface area contributed by atoms with Crippen LogP contribution in [0.4, 0.5) is 0 Å². The fraction of sp³-hybridized carbons (Fsp3) is 0.833. The van der Waals surface area contributed by atoms with E-state index in [1.165, 1.54) is 0 Å². The van der Waals surface area contributed by atoms with E-state index in [2.05, 4.69) is 0 Å². The average molecular weight is 262 g/mol. The Morgan fingerprint density at radius 2 is 1.76 bits per heavy atom. The molecule has 0 saturated heterocycles. The Hall–Kier alpha value is -0.550. The number of rotatable bonds is 7. The Kier molecular flexibility index (Phi) is 8.25. The van der Waals surface area contributed by atoms with Crippen molar-refractivity contribution in [2.24, 2.45) is 11.8 Å². The number of aliphatic hydroxyl groups excluding tert-OH is 1. The van der Waals surface area contributed by atoms with Gasteiger partial charge < -0.3 is 9.84 Å². The molecule has 0 aliphatic rings. The minimum Gasteiger partial charge on any atom is -0.463 e. The van der Waals surface area contributed by atoms with Gasteiger partial charge in [0, 0.05) is 5.75 Å². The van der Waals surface area contributed by atoms with Crippen molar-refractivity contribution in [2.75, 3.05) is 12.4 Å². The summed E-state index contributed by atoms with van der Waals surface area (Å²) < 4.78 is 4.84. The summed E-state index contributed by atoms with van der Waals surface area (Å²) in [5.74, 6) is 0.621. The van der Waals surface area contributed by atoms with E-state index in [4.69, 9.17) is 4.74 Å². The van der Waals surface area contributed by atoms with Gasteiger partial charge in [-0.1, -0.05) is 39.5 Å². The first-order valence-electron chi connectivity index (χ1n) is 5.83. The maximum absolute atomic E-state index is 11.4.